The summed E-state index contributed by atoms with van der Waals surface area (Å²) in [6.07, 6.45) is 1.30. The van der Waals surface area contributed by atoms with Gasteiger partial charge in [0, 0.05) is 57.4 Å². The minimum atomic E-state index is 0. The Labute approximate surface area is 127 Å². The van der Waals surface area contributed by atoms with Gasteiger partial charge < -0.3 is 9.84 Å². The molecule has 5 nitrogen and oxygen atoms in total. The fourth-order valence-electron chi connectivity index (χ4n) is 3.25. The van der Waals surface area contributed by atoms with Gasteiger partial charge in [0.1, 0.15) is 5.76 Å². The van der Waals surface area contributed by atoms with E-state index in [4.69, 9.17) is 4.52 Å². The molecule has 1 aromatic heterocycles. The molecule has 0 saturated carbocycles. The number of aryl methyl sites for hydroxylation is 2. The zero-order chi connectivity index (χ0) is 13.2. The maximum atomic E-state index is 5.25. The quantitative estimate of drug-likeness (QED) is 0.908. The zero-order valence-corrected chi connectivity index (χ0v) is 13.2. The van der Waals surface area contributed by atoms with Gasteiger partial charge in [0.2, 0.25) is 0 Å². The molecule has 1 atom stereocenters. The Morgan fingerprint density at radius 2 is 2.00 bits per heavy atom. The molecule has 114 valence electrons. The number of piperazine rings is 1. The predicted molar refractivity (Wildman–Crippen MR) is 81.3 cm³/mol. The number of nitrogens with zero attached hydrogens (tertiary/aromatic N) is 3. The van der Waals surface area contributed by atoms with Gasteiger partial charge in [-0.05, 0) is 20.3 Å². The van der Waals surface area contributed by atoms with Crippen LogP contribution in [0.1, 0.15) is 23.4 Å². The minimum absolute atomic E-state index is 0. The first kappa shape index (κ1) is 15.8. The van der Waals surface area contributed by atoms with Crippen molar-refractivity contribution in [3.63, 3.8) is 0 Å². The normalized spacial score (nSPS) is 24.8. The molecule has 2 aliphatic heterocycles. The minimum Gasteiger partial charge on any atom is -0.361 e. The first-order valence-electron chi connectivity index (χ1n) is 7.33. The summed E-state index contributed by atoms with van der Waals surface area (Å²) in [6.45, 7) is 12.1. The molecular weight excluding hydrogens is 276 g/mol. The van der Waals surface area contributed by atoms with Crippen LogP contribution in [0.4, 0.5) is 0 Å². The Morgan fingerprint density at radius 3 is 2.65 bits per heavy atom. The summed E-state index contributed by atoms with van der Waals surface area (Å²) in [5.74, 6) is 0.975. The van der Waals surface area contributed by atoms with Gasteiger partial charge in [0.25, 0.3) is 0 Å². The van der Waals surface area contributed by atoms with Crippen molar-refractivity contribution in [2.75, 3.05) is 39.3 Å². The maximum absolute atomic E-state index is 5.25. The Morgan fingerprint density at radius 1 is 1.25 bits per heavy atom. The topological polar surface area (TPSA) is 44.5 Å². The van der Waals surface area contributed by atoms with Crippen LogP contribution in [-0.2, 0) is 6.54 Å². The van der Waals surface area contributed by atoms with E-state index in [9.17, 15) is 0 Å². The average molecular weight is 301 g/mol. The van der Waals surface area contributed by atoms with E-state index in [1.807, 2.05) is 13.8 Å². The molecule has 1 unspecified atom stereocenters. The number of halogens is 1. The Kier molecular flexibility index (Phi) is 5.43. The monoisotopic (exact) mass is 300 g/mol. The number of aromatic nitrogens is 1. The third-order valence-corrected chi connectivity index (χ3v) is 4.48. The maximum Gasteiger partial charge on any atom is 0.138 e. The molecule has 0 bridgehead atoms. The molecule has 1 aromatic rings. The van der Waals surface area contributed by atoms with E-state index >= 15 is 0 Å². The lowest BCUT2D eigenvalue weighted by molar-refractivity contribution is 0.170. The van der Waals surface area contributed by atoms with Crippen molar-refractivity contribution in [3.8, 4) is 0 Å². The highest BCUT2D eigenvalue weighted by Crippen LogP contribution is 2.21. The molecule has 2 aliphatic rings. The molecule has 2 saturated heterocycles. The van der Waals surface area contributed by atoms with E-state index in [2.05, 4.69) is 20.3 Å². The van der Waals surface area contributed by atoms with Crippen LogP contribution < -0.4 is 5.32 Å². The second kappa shape index (κ2) is 6.89. The fraction of sp³-hybridized carbons (Fsp3) is 0.786. The van der Waals surface area contributed by atoms with E-state index < -0.39 is 0 Å². The molecule has 20 heavy (non-hydrogen) atoms. The molecule has 3 heterocycles. The van der Waals surface area contributed by atoms with Crippen LogP contribution in [0.15, 0.2) is 4.52 Å². The summed E-state index contributed by atoms with van der Waals surface area (Å²) in [7, 11) is 0. The number of nitrogens with one attached hydrogen (secondary N) is 1. The summed E-state index contributed by atoms with van der Waals surface area (Å²) < 4.78 is 5.25. The van der Waals surface area contributed by atoms with Gasteiger partial charge in [-0.25, -0.2) is 0 Å². The van der Waals surface area contributed by atoms with Crippen molar-refractivity contribution in [2.24, 2.45) is 0 Å². The van der Waals surface area contributed by atoms with Gasteiger partial charge in [-0.3, -0.25) is 9.80 Å². The second-order valence-electron chi connectivity index (χ2n) is 5.77. The van der Waals surface area contributed by atoms with Crippen LogP contribution in [0.25, 0.3) is 0 Å². The summed E-state index contributed by atoms with van der Waals surface area (Å²) >= 11 is 0. The van der Waals surface area contributed by atoms with Crippen molar-refractivity contribution in [1.82, 2.24) is 20.3 Å². The summed E-state index contributed by atoms with van der Waals surface area (Å²) in [4.78, 5) is 5.18. The van der Waals surface area contributed by atoms with Gasteiger partial charge in [0.15, 0.2) is 0 Å². The predicted octanol–water partition coefficient (Wildman–Crippen LogP) is 1.19. The van der Waals surface area contributed by atoms with Gasteiger partial charge in [-0.1, -0.05) is 5.16 Å². The first-order valence-corrected chi connectivity index (χ1v) is 7.33. The van der Waals surface area contributed by atoms with Crippen LogP contribution in [0.2, 0.25) is 0 Å². The zero-order valence-electron chi connectivity index (χ0n) is 12.4. The van der Waals surface area contributed by atoms with E-state index in [1.165, 1.54) is 38.2 Å². The molecule has 0 aliphatic carbocycles. The molecule has 0 amide bonds. The molecule has 0 spiro atoms. The Hall–Kier alpha value is -0.620. The Bertz CT molecular complexity index is 411. The lowest BCUT2D eigenvalue weighted by Gasteiger charge is -2.32. The van der Waals surface area contributed by atoms with Gasteiger partial charge in [0.05, 0.1) is 5.69 Å². The van der Waals surface area contributed by atoms with Gasteiger partial charge in [-0.2, -0.15) is 0 Å². The standard InChI is InChI=1S/C14H24N4O.ClH/c1-11-14(12(2)19-16-11)10-17-6-3-13(9-17)18-7-4-15-5-8-18;/h13,15H,3-10H2,1-2H3;1H. The summed E-state index contributed by atoms with van der Waals surface area (Å²) in [6, 6.07) is 0.738. The van der Waals surface area contributed by atoms with Crippen molar-refractivity contribution < 1.29 is 4.52 Å². The van der Waals surface area contributed by atoms with Crippen LogP contribution in [-0.4, -0.2) is 60.3 Å². The van der Waals surface area contributed by atoms with Crippen LogP contribution in [0.5, 0.6) is 0 Å². The highest BCUT2D eigenvalue weighted by atomic mass is 35.5. The van der Waals surface area contributed by atoms with E-state index in [-0.39, 0.29) is 12.4 Å². The van der Waals surface area contributed by atoms with Crippen molar-refractivity contribution >= 4 is 12.4 Å². The average Bonchev–Trinajstić information content (AvgIpc) is 3.02. The largest absolute Gasteiger partial charge is 0.361 e. The SMILES string of the molecule is Cc1noc(C)c1CN1CCC(N2CCNCC2)C1.Cl. The van der Waals surface area contributed by atoms with Crippen molar-refractivity contribution in [3.05, 3.63) is 17.0 Å². The van der Waals surface area contributed by atoms with Gasteiger partial charge >= 0.3 is 0 Å². The number of hydrogen-bond acceptors (Lipinski definition) is 5. The highest BCUT2D eigenvalue weighted by Gasteiger charge is 2.29. The highest BCUT2D eigenvalue weighted by molar-refractivity contribution is 5.85. The fourth-order valence-corrected chi connectivity index (χ4v) is 3.25. The van der Waals surface area contributed by atoms with Crippen LogP contribution >= 0.6 is 12.4 Å². The second-order valence-corrected chi connectivity index (χ2v) is 5.77. The molecule has 0 aromatic carbocycles. The van der Waals surface area contributed by atoms with Crippen LogP contribution in [0, 0.1) is 13.8 Å². The number of likely N-dealkylation sites (tertiary alicyclic amines) is 1. The van der Waals surface area contributed by atoms with Crippen molar-refractivity contribution in [1.29, 1.82) is 0 Å². The van der Waals surface area contributed by atoms with E-state index in [1.54, 1.807) is 0 Å². The lowest BCUT2D eigenvalue weighted by atomic mass is 10.2. The van der Waals surface area contributed by atoms with E-state index in [0.717, 1.165) is 37.1 Å². The summed E-state index contributed by atoms with van der Waals surface area (Å²) in [5.41, 5.74) is 2.32. The Balaban J connectivity index is 0.00000147. The molecular formula is C14H25ClN4O. The lowest BCUT2D eigenvalue weighted by Crippen LogP contribution is -2.49. The molecule has 0 radical (unpaired) electrons. The van der Waals surface area contributed by atoms with E-state index in [0.29, 0.717) is 0 Å². The first-order chi connectivity index (χ1) is 9.24. The number of rotatable bonds is 3. The number of hydrogen-bond donors (Lipinski definition) is 1. The van der Waals surface area contributed by atoms with Crippen LogP contribution in [0.3, 0.4) is 0 Å². The van der Waals surface area contributed by atoms with Gasteiger partial charge in [-0.15, -0.1) is 12.4 Å². The van der Waals surface area contributed by atoms with Crippen molar-refractivity contribution in [2.45, 2.75) is 32.9 Å². The third-order valence-electron chi connectivity index (χ3n) is 4.48. The smallest absolute Gasteiger partial charge is 0.138 e. The molecule has 6 heteroatoms. The molecule has 1 N–H and O–H groups in total. The molecule has 2 fully saturated rings. The third kappa shape index (κ3) is 3.34. The summed E-state index contributed by atoms with van der Waals surface area (Å²) in [5, 5.41) is 7.47. The molecule has 3 rings (SSSR count).